The molecule has 0 heterocycles. The van der Waals surface area contributed by atoms with Gasteiger partial charge < -0.3 is 15.3 Å². The molecule has 1 amide bonds. The molecule has 0 spiro atoms. The van der Waals surface area contributed by atoms with E-state index in [1.54, 1.807) is 0 Å². The van der Waals surface area contributed by atoms with Gasteiger partial charge in [0.25, 0.3) is 0 Å². The van der Waals surface area contributed by atoms with Crippen molar-refractivity contribution in [3.63, 3.8) is 0 Å². The summed E-state index contributed by atoms with van der Waals surface area (Å²) in [6.45, 7) is 8.60. The van der Waals surface area contributed by atoms with Crippen molar-refractivity contribution in [3.05, 3.63) is 0 Å². The first-order valence-corrected chi connectivity index (χ1v) is 7.69. The maximum Gasteiger partial charge on any atom is 0.236 e. The van der Waals surface area contributed by atoms with E-state index in [1.807, 2.05) is 4.90 Å². The van der Waals surface area contributed by atoms with Crippen LogP contribution in [0.2, 0.25) is 0 Å². The number of rotatable bonds is 8. The molecular formula is C15H30N2O2. The lowest BCUT2D eigenvalue weighted by molar-refractivity contribution is -0.130. The number of carbonyl (C=O) groups excluding carboxylic acids is 1. The topological polar surface area (TPSA) is 52.6 Å². The largest absolute Gasteiger partial charge is 0.396 e. The van der Waals surface area contributed by atoms with E-state index in [0.29, 0.717) is 6.54 Å². The van der Waals surface area contributed by atoms with Crippen molar-refractivity contribution in [2.24, 2.45) is 5.41 Å². The van der Waals surface area contributed by atoms with Gasteiger partial charge in [-0.1, -0.05) is 27.2 Å². The van der Waals surface area contributed by atoms with E-state index < -0.39 is 0 Å². The number of nitrogens with one attached hydrogen (secondary N) is 1. The number of nitrogens with zero attached hydrogens (tertiary/aromatic N) is 1. The SMILES string of the molecule is CCCN(CCC)C(=O)CN[C@@H]1CCC[C@]1(C)CO. The van der Waals surface area contributed by atoms with Crippen LogP contribution in [0.1, 0.15) is 52.9 Å². The summed E-state index contributed by atoms with van der Waals surface area (Å²) in [4.78, 5) is 14.1. The predicted octanol–water partition coefficient (Wildman–Crippen LogP) is 1.78. The maximum absolute atomic E-state index is 12.2. The third-order valence-electron chi connectivity index (χ3n) is 4.28. The lowest BCUT2D eigenvalue weighted by Gasteiger charge is -2.31. The summed E-state index contributed by atoms with van der Waals surface area (Å²) in [6, 6.07) is 0.270. The van der Waals surface area contributed by atoms with Gasteiger partial charge in [-0.15, -0.1) is 0 Å². The molecule has 112 valence electrons. The Morgan fingerprint density at radius 1 is 1.37 bits per heavy atom. The second-order valence-corrected chi connectivity index (χ2v) is 6.02. The highest BCUT2D eigenvalue weighted by Gasteiger charge is 2.38. The fourth-order valence-electron chi connectivity index (χ4n) is 2.99. The van der Waals surface area contributed by atoms with Gasteiger partial charge in [0.2, 0.25) is 5.91 Å². The molecule has 1 fully saturated rings. The van der Waals surface area contributed by atoms with Gasteiger partial charge in [-0.05, 0) is 25.7 Å². The van der Waals surface area contributed by atoms with Gasteiger partial charge in [-0.25, -0.2) is 0 Å². The highest BCUT2D eigenvalue weighted by atomic mass is 16.3. The minimum Gasteiger partial charge on any atom is -0.396 e. The van der Waals surface area contributed by atoms with Crippen molar-refractivity contribution in [1.82, 2.24) is 10.2 Å². The Hall–Kier alpha value is -0.610. The van der Waals surface area contributed by atoms with Crippen LogP contribution in [0.4, 0.5) is 0 Å². The van der Waals surface area contributed by atoms with Gasteiger partial charge in [-0.3, -0.25) is 4.79 Å². The maximum atomic E-state index is 12.2. The molecule has 19 heavy (non-hydrogen) atoms. The van der Waals surface area contributed by atoms with Crippen LogP contribution < -0.4 is 5.32 Å². The Morgan fingerprint density at radius 2 is 2.00 bits per heavy atom. The number of hydrogen-bond acceptors (Lipinski definition) is 3. The molecule has 4 heteroatoms. The zero-order valence-corrected chi connectivity index (χ0v) is 12.7. The van der Waals surface area contributed by atoms with Gasteiger partial charge in [0.05, 0.1) is 6.54 Å². The smallest absolute Gasteiger partial charge is 0.236 e. The van der Waals surface area contributed by atoms with Crippen molar-refractivity contribution >= 4 is 5.91 Å². The summed E-state index contributed by atoms with van der Waals surface area (Å²) >= 11 is 0. The first-order valence-electron chi connectivity index (χ1n) is 7.69. The summed E-state index contributed by atoms with van der Waals surface area (Å²) in [6.07, 6.45) is 5.25. The Morgan fingerprint density at radius 3 is 2.53 bits per heavy atom. The molecule has 0 saturated heterocycles. The van der Waals surface area contributed by atoms with Gasteiger partial charge in [0, 0.05) is 31.2 Å². The minimum absolute atomic E-state index is 0.0549. The molecule has 1 aliphatic rings. The number of carbonyl (C=O) groups is 1. The molecule has 0 aromatic carbocycles. The van der Waals surface area contributed by atoms with E-state index in [9.17, 15) is 9.90 Å². The van der Waals surface area contributed by atoms with Gasteiger partial charge in [0.15, 0.2) is 0 Å². The van der Waals surface area contributed by atoms with Crippen LogP contribution in [0.25, 0.3) is 0 Å². The summed E-state index contributed by atoms with van der Waals surface area (Å²) in [5.74, 6) is 0.191. The predicted molar refractivity (Wildman–Crippen MR) is 78.0 cm³/mol. The van der Waals surface area contributed by atoms with Crippen LogP contribution in [0, 0.1) is 5.41 Å². The third-order valence-corrected chi connectivity index (χ3v) is 4.28. The molecule has 4 nitrogen and oxygen atoms in total. The number of hydrogen-bond donors (Lipinski definition) is 2. The minimum atomic E-state index is -0.0549. The molecule has 0 aromatic rings. The molecule has 0 radical (unpaired) electrons. The Labute approximate surface area is 117 Å². The molecule has 2 atom stereocenters. The van der Waals surface area contributed by atoms with Gasteiger partial charge in [-0.2, -0.15) is 0 Å². The van der Waals surface area contributed by atoms with Crippen LogP contribution in [0.15, 0.2) is 0 Å². The average Bonchev–Trinajstić information content (AvgIpc) is 2.78. The highest BCUT2D eigenvalue weighted by molar-refractivity contribution is 5.78. The zero-order valence-electron chi connectivity index (χ0n) is 12.7. The van der Waals surface area contributed by atoms with Crippen LogP contribution >= 0.6 is 0 Å². The van der Waals surface area contributed by atoms with Crippen molar-refractivity contribution in [2.75, 3.05) is 26.2 Å². The second kappa shape index (κ2) is 7.85. The van der Waals surface area contributed by atoms with Crippen molar-refractivity contribution in [3.8, 4) is 0 Å². The van der Waals surface area contributed by atoms with Crippen LogP contribution in [-0.4, -0.2) is 48.2 Å². The normalized spacial score (nSPS) is 26.6. The molecule has 1 aliphatic carbocycles. The molecule has 0 bridgehead atoms. The first-order chi connectivity index (χ1) is 9.07. The molecular weight excluding hydrogens is 240 g/mol. The molecule has 0 aromatic heterocycles. The Kier molecular flexibility index (Phi) is 6.80. The lowest BCUT2D eigenvalue weighted by atomic mass is 9.86. The quantitative estimate of drug-likeness (QED) is 0.707. The third kappa shape index (κ3) is 4.46. The monoisotopic (exact) mass is 270 g/mol. The molecule has 1 saturated carbocycles. The second-order valence-electron chi connectivity index (χ2n) is 6.02. The zero-order chi connectivity index (χ0) is 14.3. The van der Waals surface area contributed by atoms with Crippen molar-refractivity contribution in [2.45, 2.75) is 58.9 Å². The van der Waals surface area contributed by atoms with Crippen LogP contribution in [-0.2, 0) is 4.79 Å². The number of aliphatic hydroxyl groups excluding tert-OH is 1. The lowest BCUT2D eigenvalue weighted by Crippen LogP contribution is -2.47. The van der Waals surface area contributed by atoms with Crippen molar-refractivity contribution in [1.29, 1.82) is 0 Å². The molecule has 0 unspecified atom stereocenters. The summed E-state index contributed by atoms with van der Waals surface area (Å²) in [5.41, 5.74) is -0.0549. The van der Waals surface area contributed by atoms with E-state index in [-0.39, 0.29) is 24.0 Å². The van der Waals surface area contributed by atoms with E-state index in [1.165, 1.54) is 0 Å². The van der Waals surface area contributed by atoms with Gasteiger partial charge in [0.1, 0.15) is 0 Å². The summed E-state index contributed by atoms with van der Waals surface area (Å²) in [7, 11) is 0. The van der Waals surface area contributed by atoms with E-state index in [4.69, 9.17) is 0 Å². The standard InChI is InChI=1S/C15H30N2O2/c1-4-9-17(10-5-2)14(19)11-16-13-7-6-8-15(13,3)12-18/h13,16,18H,4-12H2,1-3H3/t13-,15-/m1/s1. The van der Waals surface area contributed by atoms with Gasteiger partial charge >= 0.3 is 0 Å². The highest BCUT2D eigenvalue weighted by Crippen LogP contribution is 2.37. The Bertz CT molecular complexity index is 277. The molecule has 0 aliphatic heterocycles. The van der Waals surface area contributed by atoms with E-state index >= 15 is 0 Å². The fraction of sp³-hybridized carbons (Fsp3) is 0.933. The molecule has 1 rings (SSSR count). The number of amides is 1. The molecule has 2 N–H and O–H groups in total. The van der Waals surface area contributed by atoms with Crippen molar-refractivity contribution < 1.29 is 9.90 Å². The fourth-order valence-corrected chi connectivity index (χ4v) is 2.99. The van der Waals surface area contributed by atoms with Crippen LogP contribution in [0.5, 0.6) is 0 Å². The summed E-state index contributed by atoms with van der Waals surface area (Å²) < 4.78 is 0. The Balaban J connectivity index is 2.44. The number of aliphatic hydroxyl groups is 1. The van der Waals surface area contributed by atoms with E-state index in [2.05, 4.69) is 26.1 Å². The first kappa shape index (κ1) is 16.4. The average molecular weight is 270 g/mol. The van der Waals surface area contributed by atoms with E-state index in [0.717, 1.165) is 45.2 Å². The van der Waals surface area contributed by atoms with Crippen LogP contribution in [0.3, 0.4) is 0 Å². The summed E-state index contributed by atoms with van der Waals surface area (Å²) in [5, 5.41) is 12.9.